The number of carbonyl (C=O) groups excluding carboxylic acids is 1. The van der Waals surface area contributed by atoms with E-state index in [1.165, 1.54) is 0 Å². The van der Waals surface area contributed by atoms with E-state index in [4.69, 9.17) is 16.0 Å². The van der Waals surface area contributed by atoms with Crippen molar-refractivity contribution in [1.82, 2.24) is 5.32 Å². The maximum Gasteiger partial charge on any atom is 0.351 e. The van der Waals surface area contributed by atoms with E-state index in [0.717, 1.165) is 0 Å². The van der Waals surface area contributed by atoms with E-state index in [1.54, 1.807) is 44.2 Å². The molecule has 0 aliphatic rings. The van der Waals surface area contributed by atoms with Gasteiger partial charge in [0.2, 0.25) is 5.91 Å². The predicted molar refractivity (Wildman–Crippen MR) is 105 cm³/mol. The molecule has 0 radical (unpaired) electrons. The smallest absolute Gasteiger partial charge is 0.351 e. The van der Waals surface area contributed by atoms with Crippen LogP contribution in [0.2, 0.25) is 0 Å². The SMILES string of the molecule is CC(C)C(NC(=O)[C@@H](N)c1ccccc1)P(=O)(O)O[C@H](CCCCN)C(=O)O. The highest BCUT2D eigenvalue weighted by atomic mass is 31.2. The molecule has 0 fully saturated rings. The zero-order valence-corrected chi connectivity index (χ0v) is 17.0. The van der Waals surface area contributed by atoms with Gasteiger partial charge in [0.1, 0.15) is 11.8 Å². The minimum absolute atomic E-state index is 0.0410. The largest absolute Gasteiger partial charge is 0.479 e. The number of hydrogen-bond donors (Lipinski definition) is 5. The third kappa shape index (κ3) is 7.33. The number of carboxylic acids is 1. The normalized spacial score (nSPS) is 16.8. The average molecular weight is 415 g/mol. The first-order valence-corrected chi connectivity index (χ1v) is 10.8. The summed E-state index contributed by atoms with van der Waals surface area (Å²) >= 11 is 0. The van der Waals surface area contributed by atoms with Crippen molar-refractivity contribution in [2.75, 3.05) is 6.54 Å². The van der Waals surface area contributed by atoms with Gasteiger partial charge in [-0.25, -0.2) is 4.79 Å². The summed E-state index contributed by atoms with van der Waals surface area (Å²) in [7, 11) is -4.50. The number of nitrogens with one attached hydrogen (secondary N) is 1. The van der Waals surface area contributed by atoms with Crippen LogP contribution in [0.4, 0.5) is 0 Å². The Kier molecular flexibility index (Phi) is 9.78. The molecule has 1 aromatic carbocycles. The van der Waals surface area contributed by atoms with Crippen LogP contribution in [0, 0.1) is 5.92 Å². The Balaban J connectivity index is 2.90. The van der Waals surface area contributed by atoms with Gasteiger partial charge in [-0.05, 0) is 37.3 Å². The van der Waals surface area contributed by atoms with Crippen molar-refractivity contribution in [3.63, 3.8) is 0 Å². The van der Waals surface area contributed by atoms with Crippen LogP contribution in [-0.4, -0.2) is 40.3 Å². The summed E-state index contributed by atoms with van der Waals surface area (Å²) in [5, 5.41) is 11.7. The van der Waals surface area contributed by atoms with Gasteiger partial charge in [-0.1, -0.05) is 44.2 Å². The van der Waals surface area contributed by atoms with Gasteiger partial charge < -0.3 is 26.8 Å². The quantitative estimate of drug-likeness (QED) is 0.253. The highest BCUT2D eigenvalue weighted by molar-refractivity contribution is 7.53. The molecule has 2 unspecified atom stereocenters. The molecule has 4 atom stereocenters. The molecule has 1 aromatic rings. The minimum Gasteiger partial charge on any atom is -0.479 e. The lowest BCUT2D eigenvalue weighted by molar-refractivity contribution is -0.145. The predicted octanol–water partition coefficient (Wildman–Crippen LogP) is 1.57. The van der Waals surface area contributed by atoms with Gasteiger partial charge in [-0.2, -0.15) is 0 Å². The average Bonchev–Trinajstić information content (AvgIpc) is 2.64. The van der Waals surface area contributed by atoms with Crippen molar-refractivity contribution >= 4 is 19.5 Å². The first-order chi connectivity index (χ1) is 13.1. The maximum atomic E-state index is 12.8. The molecular weight excluding hydrogens is 385 g/mol. The summed E-state index contributed by atoms with van der Waals surface area (Å²) in [6.07, 6.45) is -0.424. The van der Waals surface area contributed by atoms with Crippen molar-refractivity contribution < 1.29 is 28.7 Å². The molecule has 0 heterocycles. The van der Waals surface area contributed by atoms with Gasteiger partial charge in [0.15, 0.2) is 6.10 Å². The summed E-state index contributed by atoms with van der Waals surface area (Å²) in [5.41, 5.74) is 11.9. The Labute approximate surface area is 165 Å². The minimum atomic E-state index is -4.50. The number of carbonyl (C=O) groups is 2. The second kappa shape index (κ2) is 11.3. The highest BCUT2D eigenvalue weighted by Gasteiger charge is 2.40. The van der Waals surface area contributed by atoms with E-state index in [1.807, 2.05) is 0 Å². The molecular formula is C18H30N3O6P. The van der Waals surface area contributed by atoms with Crippen molar-refractivity contribution in [3.8, 4) is 0 Å². The number of benzene rings is 1. The van der Waals surface area contributed by atoms with Crippen LogP contribution in [0.3, 0.4) is 0 Å². The van der Waals surface area contributed by atoms with Crippen LogP contribution < -0.4 is 16.8 Å². The zero-order chi connectivity index (χ0) is 21.3. The Morgan fingerprint density at radius 2 is 1.82 bits per heavy atom. The third-order valence-corrected chi connectivity index (χ3v) is 6.17. The fourth-order valence-electron chi connectivity index (χ4n) is 2.62. The fourth-order valence-corrected chi connectivity index (χ4v) is 4.35. The Bertz CT molecular complexity index is 685. The van der Waals surface area contributed by atoms with Crippen LogP contribution in [0.15, 0.2) is 30.3 Å². The molecule has 0 bridgehead atoms. The second-order valence-corrected chi connectivity index (χ2v) is 8.76. The highest BCUT2D eigenvalue weighted by Crippen LogP contribution is 2.50. The van der Waals surface area contributed by atoms with Gasteiger partial charge in [0.25, 0.3) is 0 Å². The number of unbranched alkanes of at least 4 members (excludes halogenated alkanes) is 1. The Morgan fingerprint density at radius 3 is 2.32 bits per heavy atom. The topological polar surface area (TPSA) is 165 Å². The first-order valence-electron chi connectivity index (χ1n) is 9.14. The first kappa shape index (κ1) is 24.3. The molecule has 9 nitrogen and oxygen atoms in total. The standard InChI is InChI=1S/C18H30N3O6P/c1-12(2)17(21-16(22)15(20)13-8-4-3-5-9-13)28(25,26)27-14(18(23)24)10-6-7-11-19/h3-5,8-9,12,14-15,17H,6-7,10-11,19-20H2,1-2H3,(H,21,22)(H,23,24)(H,25,26)/t14-,15+,17?/m1/s1. The summed E-state index contributed by atoms with van der Waals surface area (Å²) in [6.45, 7) is 3.62. The van der Waals surface area contributed by atoms with Crippen LogP contribution in [0.1, 0.15) is 44.7 Å². The van der Waals surface area contributed by atoms with Gasteiger partial charge >= 0.3 is 13.6 Å². The van der Waals surface area contributed by atoms with Crippen molar-refractivity contribution in [2.24, 2.45) is 17.4 Å². The van der Waals surface area contributed by atoms with Crippen LogP contribution in [0.25, 0.3) is 0 Å². The van der Waals surface area contributed by atoms with Gasteiger partial charge in [-0.3, -0.25) is 13.9 Å². The molecule has 0 aromatic heterocycles. The lowest BCUT2D eigenvalue weighted by atomic mass is 10.1. The molecule has 0 saturated heterocycles. The monoisotopic (exact) mass is 415 g/mol. The van der Waals surface area contributed by atoms with E-state index in [2.05, 4.69) is 5.32 Å². The number of carboxylic acid groups (broad SMARTS) is 1. The van der Waals surface area contributed by atoms with Gasteiger partial charge in [0, 0.05) is 0 Å². The fraction of sp³-hybridized carbons (Fsp3) is 0.556. The third-order valence-electron chi connectivity index (χ3n) is 4.19. The second-order valence-electron chi connectivity index (χ2n) is 6.87. The molecule has 10 heteroatoms. The van der Waals surface area contributed by atoms with E-state index in [9.17, 15) is 24.2 Å². The molecule has 158 valence electrons. The van der Waals surface area contributed by atoms with E-state index in [-0.39, 0.29) is 6.42 Å². The van der Waals surface area contributed by atoms with Crippen molar-refractivity contribution in [3.05, 3.63) is 35.9 Å². The number of amides is 1. The number of hydrogen-bond acceptors (Lipinski definition) is 6. The molecule has 0 aliphatic heterocycles. The summed E-state index contributed by atoms with van der Waals surface area (Å²) in [5.74, 6) is -3.80. The Hall–Kier alpha value is -1.77. The van der Waals surface area contributed by atoms with Crippen molar-refractivity contribution in [1.29, 1.82) is 0 Å². The molecule has 1 rings (SSSR count). The lowest BCUT2D eigenvalue weighted by Crippen LogP contribution is -2.44. The van der Waals surface area contributed by atoms with Crippen LogP contribution >= 0.6 is 7.60 Å². The van der Waals surface area contributed by atoms with E-state index in [0.29, 0.717) is 24.9 Å². The summed E-state index contributed by atoms with van der Waals surface area (Å²) in [6, 6.07) is 7.52. The molecule has 28 heavy (non-hydrogen) atoms. The molecule has 0 aliphatic carbocycles. The molecule has 7 N–H and O–H groups in total. The van der Waals surface area contributed by atoms with E-state index < -0.39 is 43.3 Å². The number of rotatable bonds is 12. The van der Waals surface area contributed by atoms with E-state index >= 15 is 0 Å². The van der Waals surface area contributed by atoms with Crippen molar-refractivity contribution in [2.45, 2.75) is 51.0 Å². The zero-order valence-electron chi connectivity index (χ0n) is 16.2. The molecule has 0 saturated carbocycles. The van der Waals surface area contributed by atoms with Crippen LogP contribution in [-0.2, 0) is 18.7 Å². The Morgan fingerprint density at radius 1 is 1.21 bits per heavy atom. The molecule has 1 amide bonds. The van der Waals surface area contributed by atoms with Crippen LogP contribution in [0.5, 0.6) is 0 Å². The summed E-state index contributed by atoms with van der Waals surface area (Å²) in [4.78, 5) is 34.3. The maximum absolute atomic E-state index is 12.8. The number of aliphatic carboxylic acids is 1. The molecule has 0 spiro atoms. The van der Waals surface area contributed by atoms with Gasteiger partial charge in [-0.15, -0.1) is 0 Å². The number of nitrogens with two attached hydrogens (primary N) is 2. The summed E-state index contributed by atoms with van der Waals surface area (Å²) < 4.78 is 17.9. The lowest BCUT2D eigenvalue weighted by Gasteiger charge is -2.29. The van der Waals surface area contributed by atoms with Gasteiger partial charge in [0.05, 0.1) is 0 Å².